The number of hydrogen-bond acceptors (Lipinski definition) is 6. The van der Waals surface area contributed by atoms with Crippen molar-refractivity contribution >= 4 is 24.2 Å². The highest BCUT2D eigenvalue weighted by atomic mass is 31.1. The first-order chi connectivity index (χ1) is 7.95. The fraction of sp³-hybridized carbons (Fsp3) is 0. The smallest absolute Gasteiger partial charge is 0.117 e. The van der Waals surface area contributed by atoms with Crippen molar-refractivity contribution in [3.63, 3.8) is 0 Å². The molecule has 0 aliphatic heterocycles. The van der Waals surface area contributed by atoms with Crippen molar-refractivity contribution in [1.29, 1.82) is 0 Å². The van der Waals surface area contributed by atoms with E-state index in [0.29, 0.717) is 0 Å². The molecule has 0 saturated carbocycles. The van der Waals surface area contributed by atoms with Crippen LogP contribution in [0.1, 0.15) is 0 Å². The zero-order valence-electron chi connectivity index (χ0n) is 7.86. The molecule has 3 rings (SSSR count). The van der Waals surface area contributed by atoms with Crippen LogP contribution < -0.4 is 16.3 Å². The summed E-state index contributed by atoms with van der Waals surface area (Å²) >= 11 is 0. The lowest BCUT2D eigenvalue weighted by Gasteiger charge is -2.06. The number of nitrogens with zero attached hydrogens (tertiary/aromatic N) is 6. The summed E-state index contributed by atoms with van der Waals surface area (Å²) in [5, 5.41) is 31.3. The fourth-order valence-corrected chi connectivity index (χ4v) is 2.92. The standard InChI is InChI=1S/C6H6N9P/c1-4(10-13-7-1)16(5-2-8-14-11-5)6-3-9-15-12-6/h1-3H,(H,7,10,13)(H,8,11,14)(H,9,12,15). The van der Waals surface area contributed by atoms with Crippen molar-refractivity contribution in [3.8, 4) is 0 Å². The van der Waals surface area contributed by atoms with Crippen LogP contribution >= 0.6 is 7.92 Å². The number of aromatic nitrogens is 9. The molecule has 3 heterocycles. The average Bonchev–Trinajstić information content (AvgIpc) is 3.02. The Hall–Kier alpha value is -2.15. The third kappa shape index (κ3) is 1.47. The van der Waals surface area contributed by atoms with Crippen molar-refractivity contribution in [2.24, 2.45) is 0 Å². The molecular weight excluding hydrogens is 229 g/mol. The SMILES string of the molecule is c1n[nH]nc1P(c1cn[nH]n1)c1cn[nH]n1. The Bertz CT molecular complexity index is 445. The van der Waals surface area contributed by atoms with E-state index in [4.69, 9.17) is 0 Å². The quantitative estimate of drug-likeness (QED) is 0.442. The van der Waals surface area contributed by atoms with Gasteiger partial charge in [0.25, 0.3) is 0 Å². The predicted octanol–water partition coefficient (Wildman–Crippen LogP) is -2.20. The van der Waals surface area contributed by atoms with Gasteiger partial charge in [-0.05, 0) is 0 Å². The normalized spacial score (nSPS) is 11.1. The summed E-state index contributed by atoms with van der Waals surface area (Å²) in [5.41, 5.74) is 2.33. The molecule has 3 aromatic rings. The van der Waals surface area contributed by atoms with Crippen LogP contribution in [0.5, 0.6) is 0 Å². The van der Waals surface area contributed by atoms with E-state index in [9.17, 15) is 0 Å². The zero-order valence-corrected chi connectivity index (χ0v) is 8.76. The second-order valence-electron chi connectivity index (χ2n) is 2.82. The Morgan fingerprint density at radius 3 is 1.31 bits per heavy atom. The minimum Gasteiger partial charge on any atom is -0.197 e. The third-order valence-corrected chi connectivity index (χ3v) is 3.92. The molecule has 0 spiro atoms. The Kier molecular flexibility index (Phi) is 2.15. The molecule has 16 heavy (non-hydrogen) atoms. The van der Waals surface area contributed by atoms with E-state index >= 15 is 0 Å². The molecule has 0 aliphatic rings. The van der Waals surface area contributed by atoms with Crippen LogP contribution in [0.4, 0.5) is 0 Å². The van der Waals surface area contributed by atoms with Crippen molar-refractivity contribution in [3.05, 3.63) is 18.6 Å². The Morgan fingerprint density at radius 1 is 0.688 bits per heavy atom. The maximum absolute atomic E-state index is 4.06. The summed E-state index contributed by atoms with van der Waals surface area (Å²) in [5.74, 6) is 0. The fourth-order valence-electron chi connectivity index (χ4n) is 1.26. The van der Waals surface area contributed by atoms with E-state index < -0.39 is 7.92 Å². The minimum atomic E-state index is -0.949. The maximum Gasteiger partial charge on any atom is 0.117 e. The molecule has 0 unspecified atom stereocenters. The van der Waals surface area contributed by atoms with Gasteiger partial charge < -0.3 is 0 Å². The van der Waals surface area contributed by atoms with Gasteiger partial charge in [0.15, 0.2) is 0 Å². The molecule has 9 nitrogen and oxygen atoms in total. The van der Waals surface area contributed by atoms with Crippen LogP contribution in [-0.2, 0) is 0 Å². The van der Waals surface area contributed by atoms with Gasteiger partial charge in [-0.15, -0.1) is 0 Å². The van der Waals surface area contributed by atoms with Gasteiger partial charge >= 0.3 is 0 Å². The monoisotopic (exact) mass is 235 g/mol. The molecular formula is C6H6N9P. The first kappa shape index (κ1) is 9.10. The minimum absolute atomic E-state index is 0.776. The molecule has 10 heteroatoms. The molecule has 0 amide bonds. The van der Waals surface area contributed by atoms with Crippen molar-refractivity contribution in [1.82, 2.24) is 46.2 Å². The van der Waals surface area contributed by atoms with Crippen LogP contribution in [0.15, 0.2) is 18.6 Å². The molecule has 80 valence electrons. The van der Waals surface area contributed by atoms with Gasteiger partial charge in [0.2, 0.25) is 0 Å². The average molecular weight is 235 g/mol. The van der Waals surface area contributed by atoms with Gasteiger partial charge in [-0.3, -0.25) is 0 Å². The van der Waals surface area contributed by atoms with E-state index in [1.54, 1.807) is 18.6 Å². The van der Waals surface area contributed by atoms with E-state index in [-0.39, 0.29) is 0 Å². The Balaban J connectivity index is 2.09. The second-order valence-corrected chi connectivity index (χ2v) is 4.87. The first-order valence-electron chi connectivity index (χ1n) is 4.32. The summed E-state index contributed by atoms with van der Waals surface area (Å²) in [4.78, 5) is 0. The van der Waals surface area contributed by atoms with Crippen LogP contribution in [0, 0.1) is 0 Å². The molecule has 0 atom stereocenters. The van der Waals surface area contributed by atoms with Crippen LogP contribution in [-0.4, -0.2) is 46.2 Å². The largest absolute Gasteiger partial charge is 0.197 e. The highest BCUT2D eigenvalue weighted by molar-refractivity contribution is 7.79. The predicted molar refractivity (Wildman–Crippen MR) is 55.0 cm³/mol. The van der Waals surface area contributed by atoms with Crippen molar-refractivity contribution < 1.29 is 0 Å². The van der Waals surface area contributed by atoms with Gasteiger partial charge in [-0.25, -0.2) is 0 Å². The number of aromatic amines is 3. The second kappa shape index (κ2) is 3.78. The highest BCUT2D eigenvalue weighted by Crippen LogP contribution is 2.28. The summed E-state index contributed by atoms with van der Waals surface area (Å²) in [7, 11) is -0.949. The number of hydrogen-bond donors (Lipinski definition) is 3. The number of nitrogens with one attached hydrogen (secondary N) is 3. The third-order valence-electron chi connectivity index (χ3n) is 1.89. The maximum atomic E-state index is 4.06. The van der Waals surface area contributed by atoms with E-state index in [1.807, 2.05) is 0 Å². The van der Waals surface area contributed by atoms with Gasteiger partial charge in [0.1, 0.15) is 16.3 Å². The molecule has 0 radical (unpaired) electrons. The van der Waals surface area contributed by atoms with Crippen LogP contribution in [0.2, 0.25) is 0 Å². The highest BCUT2D eigenvalue weighted by Gasteiger charge is 2.23. The van der Waals surface area contributed by atoms with Gasteiger partial charge in [0.05, 0.1) is 26.5 Å². The molecule has 0 saturated heterocycles. The Labute approximate surface area is 89.8 Å². The Morgan fingerprint density at radius 2 is 1.06 bits per heavy atom. The zero-order chi connectivity index (χ0) is 10.8. The lowest BCUT2D eigenvalue weighted by Crippen LogP contribution is -2.23. The summed E-state index contributed by atoms with van der Waals surface area (Å²) in [6.07, 6.45) is 4.94. The van der Waals surface area contributed by atoms with E-state index in [1.165, 1.54) is 0 Å². The number of rotatable bonds is 3. The van der Waals surface area contributed by atoms with E-state index in [2.05, 4.69) is 46.2 Å². The topological polar surface area (TPSA) is 125 Å². The summed E-state index contributed by atoms with van der Waals surface area (Å²) in [6.45, 7) is 0. The van der Waals surface area contributed by atoms with E-state index in [0.717, 1.165) is 16.3 Å². The molecule has 0 aromatic carbocycles. The molecule has 3 aromatic heterocycles. The van der Waals surface area contributed by atoms with Crippen LogP contribution in [0.25, 0.3) is 0 Å². The van der Waals surface area contributed by atoms with Crippen molar-refractivity contribution in [2.75, 3.05) is 0 Å². The van der Waals surface area contributed by atoms with Crippen molar-refractivity contribution in [2.45, 2.75) is 0 Å². The van der Waals surface area contributed by atoms with Crippen LogP contribution in [0.3, 0.4) is 0 Å². The summed E-state index contributed by atoms with van der Waals surface area (Å²) in [6, 6.07) is 0. The van der Waals surface area contributed by atoms with Gasteiger partial charge in [-0.1, -0.05) is 0 Å². The molecule has 0 bridgehead atoms. The number of H-pyrrole nitrogens is 3. The lowest BCUT2D eigenvalue weighted by atomic mass is 10.9. The molecule has 0 fully saturated rings. The molecule has 0 aliphatic carbocycles. The van der Waals surface area contributed by atoms with Gasteiger partial charge in [-0.2, -0.15) is 46.2 Å². The molecule has 3 N–H and O–H groups in total. The van der Waals surface area contributed by atoms with Gasteiger partial charge in [0, 0.05) is 0 Å². The first-order valence-corrected chi connectivity index (χ1v) is 5.67. The summed E-state index contributed by atoms with van der Waals surface area (Å²) < 4.78 is 0. The lowest BCUT2D eigenvalue weighted by molar-refractivity contribution is 0.943.